The number of carbonyl (C=O) groups excluding carboxylic acids is 4. The maximum absolute atomic E-state index is 10.9. The molecular weight excluding hydrogens is 738 g/mol. The minimum atomic E-state index is -1.29. The van der Waals surface area contributed by atoms with E-state index in [0.29, 0.717) is 16.9 Å². The number of amides is 2. The van der Waals surface area contributed by atoms with Crippen LogP contribution in [0.1, 0.15) is 64.0 Å². The van der Waals surface area contributed by atoms with Gasteiger partial charge in [0.25, 0.3) is 0 Å². The third-order valence-electron chi connectivity index (χ3n) is 5.96. The van der Waals surface area contributed by atoms with E-state index in [4.69, 9.17) is 0 Å². The summed E-state index contributed by atoms with van der Waals surface area (Å²) in [6, 6.07) is 19.0. The van der Waals surface area contributed by atoms with Crippen LogP contribution >= 0.6 is 11.8 Å². The van der Waals surface area contributed by atoms with Crippen molar-refractivity contribution in [2.75, 3.05) is 18.8 Å². The third-order valence-corrected chi connectivity index (χ3v) is 8.12. The van der Waals surface area contributed by atoms with E-state index in [2.05, 4.69) is 99.4 Å². The normalized spacial score (nSPS) is 11.6. The monoisotopic (exact) mass is 783 g/mol. The number of aliphatic imine (C=N–C) groups is 2. The van der Waals surface area contributed by atoms with E-state index < -0.39 is 24.0 Å². The molecule has 2 amide bonds. The number of carboxylic acid groups (broad SMARTS) is 2. The SMILES string of the molecule is CC(=O)NC(CSC([Se])=NCCCCc1ccccc1)C(=O)[O-].CCC(NC(C)=O)C(=O)[O-].[Se]=C=NCCCCc1ccccc1. The molecule has 0 fully saturated rings. The Bertz CT molecular complexity index is 1250. The van der Waals surface area contributed by atoms with Crippen molar-refractivity contribution < 1.29 is 29.4 Å². The minimum absolute atomic E-state index is 0.192. The van der Waals surface area contributed by atoms with Crippen molar-refractivity contribution in [3.63, 3.8) is 0 Å². The molecule has 2 N–H and O–H groups in total. The van der Waals surface area contributed by atoms with Crippen molar-refractivity contribution in [1.82, 2.24) is 10.6 Å². The van der Waals surface area contributed by atoms with Gasteiger partial charge in [0.1, 0.15) is 0 Å². The number of rotatable bonds is 17. The summed E-state index contributed by atoms with van der Waals surface area (Å²) in [4.78, 5) is 50.6. The molecule has 46 heavy (non-hydrogen) atoms. The molecule has 0 saturated heterocycles. The predicted molar refractivity (Wildman–Crippen MR) is 183 cm³/mol. The summed E-state index contributed by atoms with van der Waals surface area (Å²) in [6.07, 6.45) is 6.90. The second kappa shape index (κ2) is 28.2. The Morgan fingerprint density at radius 2 is 1.24 bits per heavy atom. The van der Waals surface area contributed by atoms with Crippen LogP contribution < -0.4 is 20.8 Å². The first-order valence-corrected chi connectivity index (χ1v) is 17.6. The summed E-state index contributed by atoms with van der Waals surface area (Å²) in [5, 5.41) is 25.6. The molecule has 0 spiro atoms. The van der Waals surface area contributed by atoms with Crippen LogP contribution in [-0.2, 0) is 32.0 Å². The average Bonchev–Trinajstić information content (AvgIpc) is 3.02. The molecule has 0 aliphatic heterocycles. The molecule has 0 aliphatic carbocycles. The van der Waals surface area contributed by atoms with E-state index in [9.17, 15) is 29.4 Å². The number of unbranched alkanes of at least 4 members (excludes halogenated alkanes) is 2. The summed E-state index contributed by atoms with van der Waals surface area (Å²) < 4.78 is 3.36. The number of hydrogen-bond acceptors (Lipinski definition) is 9. The molecule has 13 heteroatoms. The fourth-order valence-corrected chi connectivity index (χ4v) is 5.18. The van der Waals surface area contributed by atoms with Gasteiger partial charge in [0.15, 0.2) is 0 Å². The second-order valence-corrected chi connectivity index (χ2v) is 12.7. The Balaban J connectivity index is 0.000000740. The number of thioether (sulfide) groups is 1. The Labute approximate surface area is 292 Å². The van der Waals surface area contributed by atoms with Crippen LogP contribution in [0.4, 0.5) is 0 Å². The van der Waals surface area contributed by atoms with Crippen molar-refractivity contribution in [3.8, 4) is 0 Å². The topological polar surface area (TPSA) is 163 Å². The first-order valence-electron chi connectivity index (χ1n) is 14.9. The van der Waals surface area contributed by atoms with E-state index in [0.717, 1.165) is 38.6 Å². The van der Waals surface area contributed by atoms with Crippen LogP contribution in [0.2, 0.25) is 0 Å². The Kier molecular flexibility index (Phi) is 26.3. The van der Waals surface area contributed by atoms with E-state index in [1.54, 1.807) is 6.92 Å². The number of aryl methyl sites for hydroxylation is 2. The number of hydrogen-bond donors (Lipinski definition) is 2. The van der Waals surface area contributed by atoms with E-state index in [1.807, 2.05) is 18.2 Å². The molecule has 2 aromatic carbocycles. The number of carbonyl (C=O) groups is 4. The molecule has 2 rings (SSSR count). The van der Waals surface area contributed by atoms with Gasteiger partial charge in [-0.25, -0.2) is 0 Å². The second-order valence-electron chi connectivity index (χ2n) is 9.87. The quantitative estimate of drug-likeness (QED) is 0.106. The molecule has 0 aliphatic rings. The summed E-state index contributed by atoms with van der Waals surface area (Å²) in [5.74, 6) is -3.08. The zero-order chi connectivity index (χ0) is 34.6. The van der Waals surface area contributed by atoms with Gasteiger partial charge < -0.3 is 15.2 Å². The summed E-state index contributed by atoms with van der Waals surface area (Å²) in [7, 11) is 0. The number of benzene rings is 2. The van der Waals surface area contributed by atoms with E-state index >= 15 is 0 Å². The van der Waals surface area contributed by atoms with Gasteiger partial charge in [-0.15, -0.1) is 0 Å². The van der Waals surface area contributed by atoms with Crippen LogP contribution in [-0.4, -0.2) is 94.9 Å². The van der Waals surface area contributed by atoms with Crippen molar-refractivity contribution in [2.24, 2.45) is 9.98 Å². The fourth-order valence-electron chi connectivity index (χ4n) is 3.65. The summed E-state index contributed by atoms with van der Waals surface area (Å²) in [5.41, 5.74) is 2.74. The zero-order valence-corrected chi connectivity index (χ0v) is 30.8. The van der Waals surface area contributed by atoms with Crippen LogP contribution in [0, 0.1) is 0 Å². The average molecular weight is 782 g/mol. The first-order chi connectivity index (χ1) is 22.0. The van der Waals surface area contributed by atoms with Gasteiger partial charge in [-0.3, -0.25) is 4.79 Å². The van der Waals surface area contributed by atoms with Gasteiger partial charge in [0.05, 0.1) is 12.0 Å². The Morgan fingerprint density at radius 3 is 1.63 bits per heavy atom. The van der Waals surface area contributed by atoms with Crippen LogP contribution in [0.3, 0.4) is 0 Å². The van der Waals surface area contributed by atoms with Crippen molar-refractivity contribution in [3.05, 3.63) is 71.8 Å². The van der Waals surface area contributed by atoms with Gasteiger partial charge in [0, 0.05) is 6.92 Å². The zero-order valence-electron chi connectivity index (χ0n) is 26.6. The molecule has 251 valence electrons. The molecule has 0 saturated carbocycles. The van der Waals surface area contributed by atoms with Gasteiger partial charge in [0.2, 0.25) is 5.91 Å². The molecule has 2 aromatic rings. The molecule has 2 unspecified atom stereocenters. The van der Waals surface area contributed by atoms with Crippen molar-refractivity contribution in [1.29, 1.82) is 0 Å². The summed E-state index contributed by atoms with van der Waals surface area (Å²) in [6.45, 7) is 5.79. The van der Waals surface area contributed by atoms with Gasteiger partial charge in [-0.1, -0.05) is 6.92 Å². The predicted octanol–water partition coefficient (Wildman–Crippen LogP) is 1.26. The molecule has 10 nitrogen and oxygen atoms in total. The molecule has 0 bridgehead atoms. The fraction of sp³-hybridized carbons (Fsp3) is 0.455. The maximum atomic E-state index is 10.9. The van der Waals surface area contributed by atoms with Gasteiger partial charge in [-0.2, -0.15) is 0 Å². The Hall–Kier alpha value is -3.04. The third kappa shape index (κ3) is 25.2. The number of nitrogens with one attached hydrogen (secondary N) is 2. The van der Waals surface area contributed by atoms with Crippen molar-refractivity contribution >= 4 is 75.8 Å². The standard InChI is InChI=1S/C16H21N2O3SSe.C11H13NSe.C6H11NO3/c1-12(19)18-14(15(20)21)11-22-16(23)17-10-6-5-9-13-7-3-2-4-8-13;13-10-12-9-5-4-8-11-6-2-1-3-7-11;1-3-5(6(9)10)7-4(2)8/h2-4,7-8,14H,5-6,9-11H2,1H3,(H,18,19)(H,20,21);1-3,6-7H,4-5,8-9H2;5H,3H2,1-2H3,(H,7,8)(H,9,10)/p-2. The van der Waals surface area contributed by atoms with Crippen LogP contribution in [0.5, 0.6) is 0 Å². The van der Waals surface area contributed by atoms with E-state index in [-0.39, 0.29) is 17.6 Å². The van der Waals surface area contributed by atoms with E-state index in [1.165, 1.54) is 43.2 Å². The molecule has 1 radical (unpaired) electrons. The number of aliphatic carboxylic acids is 2. The molecular formula is C33H43N4O6SSe2-2. The van der Waals surface area contributed by atoms with Gasteiger partial charge in [-0.05, 0) is 6.42 Å². The van der Waals surface area contributed by atoms with Crippen LogP contribution in [0.25, 0.3) is 0 Å². The number of nitrogens with zero attached hydrogens (tertiary/aromatic N) is 2. The van der Waals surface area contributed by atoms with Crippen LogP contribution in [0.15, 0.2) is 70.6 Å². The van der Waals surface area contributed by atoms with Gasteiger partial charge >= 0.3 is 236 Å². The van der Waals surface area contributed by atoms with Crippen molar-refractivity contribution in [2.45, 2.75) is 77.8 Å². The molecule has 0 aromatic heterocycles. The Morgan fingerprint density at radius 1 is 0.783 bits per heavy atom. The summed E-state index contributed by atoms with van der Waals surface area (Å²) >= 11 is 6.72. The molecule has 2 atom stereocenters. The first kappa shape index (κ1) is 43.0. The molecule has 0 heterocycles. The number of carboxylic acids is 2.